The topological polar surface area (TPSA) is 66.9 Å². The first-order chi connectivity index (χ1) is 13.5. The summed E-state index contributed by atoms with van der Waals surface area (Å²) in [6.45, 7) is 10.3. The van der Waals surface area contributed by atoms with E-state index in [1.807, 2.05) is 6.92 Å². The molecule has 156 valence electrons. The lowest BCUT2D eigenvalue weighted by molar-refractivity contribution is -0.145. The van der Waals surface area contributed by atoms with E-state index >= 15 is 0 Å². The maximum absolute atomic E-state index is 12.7. The molecule has 7 heteroatoms. The van der Waals surface area contributed by atoms with Crippen LogP contribution < -0.4 is 4.90 Å². The van der Waals surface area contributed by atoms with Crippen molar-refractivity contribution in [3.05, 3.63) is 33.7 Å². The van der Waals surface area contributed by atoms with E-state index in [1.165, 1.54) is 11.3 Å². The SMILES string of the molecule is CCOC(=O)CN1C(=O)S/C(=C/c2cc3c(cc2C)N(C)C(C)(C)C[C@@H]3C)C1=O. The van der Waals surface area contributed by atoms with Crippen molar-refractivity contribution >= 4 is 40.6 Å². The Hall–Kier alpha value is -2.28. The fourth-order valence-corrected chi connectivity index (χ4v) is 4.83. The summed E-state index contributed by atoms with van der Waals surface area (Å²) in [5, 5.41) is -0.445. The highest BCUT2D eigenvalue weighted by atomic mass is 32.2. The zero-order chi connectivity index (χ0) is 21.5. The van der Waals surface area contributed by atoms with Gasteiger partial charge in [-0.2, -0.15) is 0 Å². The minimum absolute atomic E-state index is 0.0795. The van der Waals surface area contributed by atoms with Gasteiger partial charge >= 0.3 is 5.97 Å². The lowest BCUT2D eigenvalue weighted by Gasteiger charge is -2.45. The normalized spacial score (nSPS) is 22.3. The van der Waals surface area contributed by atoms with Gasteiger partial charge in [-0.05, 0) is 86.7 Å². The van der Waals surface area contributed by atoms with Gasteiger partial charge in [0, 0.05) is 18.3 Å². The minimum atomic E-state index is -0.583. The van der Waals surface area contributed by atoms with Gasteiger partial charge < -0.3 is 9.64 Å². The smallest absolute Gasteiger partial charge is 0.326 e. The molecule has 1 aromatic rings. The van der Waals surface area contributed by atoms with Crippen LogP contribution in [0.15, 0.2) is 17.0 Å². The van der Waals surface area contributed by atoms with E-state index in [-0.39, 0.29) is 18.7 Å². The second-order valence-electron chi connectivity index (χ2n) is 8.32. The van der Waals surface area contributed by atoms with Crippen molar-refractivity contribution in [3.8, 4) is 0 Å². The largest absolute Gasteiger partial charge is 0.465 e. The lowest BCUT2D eigenvalue weighted by atomic mass is 9.79. The van der Waals surface area contributed by atoms with E-state index in [9.17, 15) is 14.4 Å². The van der Waals surface area contributed by atoms with E-state index < -0.39 is 17.1 Å². The Morgan fingerprint density at radius 1 is 1.34 bits per heavy atom. The van der Waals surface area contributed by atoms with E-state index in [0.29, 0.717) is 10.8 Å². The van der Waals surface area contributed by atoms with E-state index in [2.05, 4.69) is 44.9 Å². The highest BCUT2D eigenvalue weighted by Gasteiger charge is 2.37. The molecule has 0 bridgehead atoms. The number of nitrogens with zero attached hydrogens (tertiary/aromatic N) is 2. The summed E-state index contributed by atoms with van der Waals surface area (Å²) in [7, 11) is 2.12. The molecule has 2 heterocycles. The molecular formula is C22H28N2O4S. The van der Waals surface area contributed by atoms with E-state index in [0.717, 1.165) is 34.2 Å². The number of hydrogen-bond acceptors (Lipinski definition) is 6. The molecular weight excluding hydrogens is 388 g/mol. The number of carbonyl (C=O) groups excluding carboxylic acids is 3. The number of benzene rings is 1. The third-order valence-electron chi connectivity index (χ3n) is 5.77. The van der Waals surface area contributed by atoms with Gasteiger partial charge in [0.25, 0.3) is 11.1 Å². The second kappa shape index (κ2) is 7.86. The van der Waals surface area contributed by atoms with Crippen LogP contribution >= 0.6 is 11.8 Å². The summed E-state index contributed by atoms with van der Waals surface area (Å²) >= 11 is 0.864. The number of imide groups is 1. The molecule has 0 spiro atoms. The molecule has 29 heavy (non-hydrogen) atoms. The van der Waals surface area contributed by atoms with Crippen LogP contribution in [0.2, 0.25) is 0 Å². The molecule has 2 aliphatic rings. The van der Waals surface area contributed by atoms with Crippen molar-refractivity contribution in [3.63, 3.8) is 0 Å². The number of rotatable bonds is 4. The Labute approximate surface area is 176 Å². The van der Waals surface area contributed by atoms with Crippen LogP contribution in [0.5, 0.6) is 0 Å². The summed E-state index contributed by atoms with van der Waals surface area (Å²) in [6, 6.07) is 4.28. The highest BCUT2D eigenvalue weighted by Crippen LogP contribution is 2.44. The highest BCUT2D eigenvalue weighted by molar-refractivity contribution is 8.18. The molecule has 0 aromatic heterocycles. The summed E-state index contributed by atoms with van der Waals surface area (Å²) < 4.78 is 4.86. The molecule has 1 saturated heterocycles. The zero-order valence-electron chi connectivity index (χ0n) is 17.9. The Morgan fingerprint density at radius 3 is 2.69 bits per heavy atom. The molecule has 1 fully saturated rings. The average Bonchev–Trinajstić information content (AvgIpc) is 2.88. The molecule has 3 rings (SSSR count). The summed E-state index contributed by atoms with van der Waals surface area (Å²) in [5.74, 6) is -0.639. The monoisotopic (exact) mass is 416 g/mol. The molecule has 6 nitrogen and oxygen atoms in total. The fraction of sp³-hybridized carbons (Fsp3) is 0.500. The Morgan fingerprint density at radius 2 is 2.03 bits per heavy atom. The average molecular weight is 417 g/mol. The first-order valence-corrected chi connectivity index (χ1v) is 10.7. The van der Waals surface area contributed by atoms with Crippen LogP contribution in [0.4, 0.5) is 10.5 Å². The predicted molar refractivity (Wildman–Crippen MR) is 116 cm³/mol. The van der Waals surface area contributed by atoms with Crippen LogP contribution in [0, 0.1) is 6.92 Å². The van der Waals surface area contributed by atoms with E-state index in [4.69, 9.17) is 4.74 Å². The van der Waals surface area contributed by atoms with Gasteiger partial charge in [0.1, 0.15) is 6.54 Å². The van der Waals surface area contributed by atoms with E-state index in [1.54, 1.807) is 13.0 Å². The van der Waals surface area contributed by atoms with Crippen LogP contribution in [-0.2, 0) is 14.3 Å². The Balaban J connectivity index is 1.92. The molecule has 0 N–H and O–H groups in total. The number of esters is 1. The standard InChI is InChI=1S/C22H28N2O4S/c1-7-28-19(25)12-24-20(26)18(29-21(24)27)10-15-9-16-14(3)11-22(4,5)23(6)17(16)8-13(15)2/h8-10,14H,7,11-12H2,1-6H3/b18-10+/t14-/m0/s1. The number of aryl methyl sites for hydroxylation is 1. The molecule has 0 saturated carbocycles. The van der Waals surface area contributed by atoms with Crippen molar-refractivity contribution in [2.75, 3.05) is 25.1 Å². The van der Waals surface area contributed by atoms with Gasteiger partial charge in [-0.1, -0.05) is 6.92 Å². The summed E-state index contributed by atoms with van der Waals surface area (Å²) in [4.78, 5) is 40.2. The van der Waals surface area contributed by atoms with Crippen LogP contribution in [-0.4, -0.2) is 47.8 Å². The first kappa shape index (κ1) is 21.4. The van der Waals surface area contributed by atoms with Gasteiger partial charge in [-0.3, -0.25) is 19.3 Å². The number of thioether (sulfide) groups is 1. The van der Waals surface area contributed by atoms with Gasteiger partial charge in [-0.15, -0.1) is 0 Å². The van der Waals surface area contributed by atoms with Crippen molar-refractivity contribution < 1.29 is 19.1 Å². The molecule has 0 aliphatic carbocycles. The van der Waals surface area contributed by atoms with Crippen molar-refractivity contribution in [1.82, 2.24) is 4.90 Å². The Bertz CT molecular complexity index is 906. The van der Waals surface area contributed by atoms with Crippen LogP contribution in [0.1, 0.15) is 56.7 Å². The number of anilines is 1. The van der Waals surface area contributed by atoms with Gasteiger partial charge in [0.2, 0.25) is 0 Å². The van der Waals surface area contributed by atoms with Crippen molar-refractivity contribution in [1.29, 1.82) is 0 Å². The first-order valence-electron chi connectivity index (χ1n) is 9.84. The Kier molecular flexibility index (Phi) is 5.81. The second-order valence-corrected chi connectivity index (χ2v) is 9.31. The lowest BCUT2D eigenvalue weighted by Crippen LogP contribution is -2.45. The third kappa shape index (κ3) is 4.06. The third-order valence-corrected chi connectivity index (χ3v) is 6.68. The molecule has 0 radical (unpaired) electrons. The number of amides is 2. The molecule has 0 unspecified atom stereocenters. The fourth-order valence-electron chi connectivity index (χ4n) is 4.00. The van der Waals surface area contributed by atoms with Crippen molar-refractivity contribution in [2.24, 2.45) is 0 Å². The molecule has 2 amide bonds. The number of carbonyl (C=O) groups is 3. The van der Waals surface area contributed by atoms with Crippen LogP contribution in [0.25, 0.3) is 6.08 Å². The van der Waals surface area contributed by atoms with Gasteiger partial charge in [-0.25, -0.2) is 0 Å². The predicted octanol–water partition coefficient (Wildman–Crippen LogP) is 4.32. The van der Waals surface area contributed by atoms with Crippen molar-refractivity contribution in [2.45, 2.75) is 52.5 Å². The quantitative estimate of drug-likeness (QED) is 0.538. The summed E-state index contributed by atoms with van der Waals surface area (Å²) in [6.07, 6.45) is 2.80. The van der Waals surface area contributed by atoms with Gasteiger partial charge in [0.15, 0.2) is 0 Å². The van der Waals surface area contributed by atoms with Gasteiger partial charge in [0.05, 0.1) is 11.5 Å². The maximum atomic E-state index is 12.7. The minimum Gasteiger partial charge on any atom is -0.465 e. The number of fused-ring (bicyclic) bond motifs is 1. The zero-order valence-corrected chi connectivity index (χ0v) is 18.7. The maximum Gasteiger partial charge on any atom is 0.326 e. The molecule has 2 aliphatic heterocycles. The summed E-state index contributed by atoms with van der Waals surface area (Å²) in [5.41, 5.74) is 4.49. The molecule has 1 aromatic carbocycles. The van der Waals surface area contributed by atoms with Crippen LogP contribution in [0.3, 0.4) is 0 Å². The number of ether oxygens (including phenoxy) is 1. The molecule has 1 atom stereocenters. The number of hydrogen-bond donors (Lipinski definition) is 0.